The van der Waals surface area contributed by atoms with Gasteiger partial charge in [0.1, 0.15) is 0 Å². The van der Waals surface area contributed by atoms with E-state index in [1.807, 2.05) is 19.1 Å². The highest BCUT2D eigenvalue weighted by atomic mass is 16.7. The van der Waals surface area contributed by atoms with Gasteiger partial charge in [0, 0.05) is 18.2 Å². The molecule has 0 aromatic carbocycles. The molecule has 4 heteroatoms. The lowest BCUT2D eigenvalue weighted by molar-refractivity contribution is -0.150. The Hall–Kier alpha value is -0.970. The standard InChI is InChI=1S/C11H16N2O2/c1-11(14-7-8-15-11)9-3-2-6-13-10(9)4-5-12/h2-3,6H,4-5,7-8,12H2,1H3. The number of nitrogens with zero attached hydrogens (tertiary/aromatic N) is 1. The minimum Gasteiger partial charge on any atom is -0.344 e. The topological polar surface area (TPSA) is 57.4 Å². The first-order chi connectivity index (χ1) is 7.26. The van der Waals surface area contributed by atoms with E-state index in [4.69, 9.17) is 15.2 Å². The molecule has 0 aliphatic carbocycles. The number of ether oxygens (including phenoxy) is 2. The predicted octanol–water partition coefficient (Wildman–Crippen LogP) is 0.802. The third-order valence-electron chi connectivity index (χ3n) is 2.60. The van der Waals surface area contributed by atoms with Crippen molar-refractivity contribution < 1.29 is 9.47 Å². The van der Waals surface area contributed by atoms with Crippen LogP contribution in [-0.2, 0) is 21.7 Å². The van der Waals surface area contributed by atoms with E-state index in [2.05, 4.69) is 4.98 Å². The van der Waals surface area contributed by atoms with Crippen LogP contribution < -0.4 is 5.73 Å². The average Bonchev–Trinajstić information content (AvgIpc) is 2.68. The molecule has 2 rings (SSSR count). The molecule has 0 atom stereocenters. The molecule has 82 valence electrons. The van der Waals surface area contributed by atoms with E-state index in [-0.39, 0.29) is 0 Å². The molecule has 0 saturated carbocycles. The van der Waals surface area contributed by atoms with Crippen LogP contribution in [0.25, 0.3) is 0 Å². The SMILES string of the molecule is CC1(c2cccnc2CCN)OCCO1. The zero-order valence-electron chi connectivity index (χ0n) is 8.90. The van der Waals surface area contributed by atoms with Crippen molar-refractivity contribution in [1.82, 2.24) is 4.98 Å². The van der Waals surface area contributed by atoms with Gasteiger partial charge in [0.2, 0.25) is 0 Å². The summed E-state index contributed by atoms with van der Waals surface area (Å²) in [5, 5.41) is 0. The van der Waals surface area contributed by atoms with Crippen LogP contribution >= 0.6 is 0 Å². The lowest BCUT2D eigenvalue weighted by Gasteiger charge is -2.24. The van der Waals surface area contributed by atoms with Crippen molar-refractivity contribution in [3.63, 3.8) is 0 Å². The average molecular weight is 208 g/mol. The zero-order valence-corrected chi connectivity index (χ0v) is 8.90. The van der Waals surface area contributed by atoms with Crippen LogP contribution in [0.15, 0.2) is 18.3 Å². The fourth-order valence-electron chi connectivity index (χ4n) is 1.86. The van der Waals surface area contributed by atoms with Crippen LogP contribution in [0.4, 0.5) is 0 Å². The largest absolute Gasteiger partial charge is 0.344 e. The normalized spacial score (nSPS) is 19.3. The first-order valence-electron chi connectivity index (χ1n) is 5.18. The molecule has 0 amide bonds. The Bertz CT molecular complexity index is 335. The number of rotatable bonds is 3. The van der Waals surface area contributed by atoms with E-state index in [0.717, 1.165) is 17.7 Å². The van der Waals surface area contributed by atoms with Gasteiger partial charge in [0.05, 0.1) is 18.9 Å². The summed E-state index contributed by atoms with van der Waals surface area (Å²) in [6, 6.07) is 3.88. The molecular formula is C11H16N2O2. The number of nitrogens with two attached hydrogens (primary N) is 1. The van der Waals surface area contributed by atoms with Crippen LogP contribution in [0, 0.1) is 0 Å². The van der Waals surface area contributed by atoms with Crippen LogP contribution in [0.5, 0.6) is 0 Å². The van der Waals surface area contributed by atoms with Gasteiger partial charge in [-0.15, -0.1) is 0 Å². The Morgan fingerprint density at radius 1 is 1.47 bits per heavy atom. The van der Waals surface area contributed by atoms with E-state index in [9.17, 15) is 0 Å². The van der Waals surface area contributed by atoms with Crippen molar-refractivity contribution in [2.24, 2.45) is 5.73 Å². The molecule has 4 nitrogen and oxygen atoms in total. The van der Waals surface area contributed by atoms with Crippen molar-refractivity contribution in [3.8, 4) is 0 Å². The maximum atomic E-state index is 5.61. The molecule has 0 bridgehead atoms. The van der Waals surface area contributed by atoms with Crippen molar-refractivity contribution in [2.75, 3.05) is 19.8 Å². The highest BCUT2D eigenvalue weighted by Gasteiger charge is 2.35. The third kappa shape index (κ3) is 2.02. The van der Waals surface area contributed by atoms with E-state index in [0.29, 0.717) is 19.8 Å². The Labute approximate surface area is 89.4 Å². The first kappa shape index (κ1) is 10.5. The maximum Gasteiger partial charge on any atom is 0.193 e. The summed E-state index contributed by atoms with van der Waals surface area (Å²) in [4.78, 5) is 4.32. The highest BCUT2D eigenvalue weighted by Crippen LogP contribution is 2.32. The van der Waals surface area contributed by atoms with Gasteiger partial charge in [0.25, 0.3) is 0 Å². The minimum absolute atomic E-state index is 0.583. The first-order valence-corrected chi connectivity index (χ1v) is 5.18. The van der Waals surface area contributed by atoms with Crippen LogP contribution in [0.1, 0.15) is 18.2 Å². The molecule has 1 saturated heterocycles. The molecule has 2 heterocycles. The van der Waals surface area contributed by atoms with Gasteiger partial charge in [-0.1, -0.05) is 6.07 Å². The number of pyridine rings is 1. The summed E-state index contributed by atoms with van der Waals surface area (Å²) < 4.78 is 11.2. The summed E-state index contributed by atoms with van der Waals surface area (Å²) in [7, 11) is 0. The molecule has 1 aromatic heterocycles. The van der Waals surface area contributed by atoms with Crippen molar-refractivity contribution in [3.05, 3.63) is 29.6 Å². The molecule has 1 fully saturated rings. The number of aromatic nitrogens is 1. The predicted molar refractivity (Wildman–Crippen MR) is 56.3 cm³/mol. The second kappa shape index (κ2) is 4.26. The van der Waals surface area contributed by atoms with Crippen LogP contribution in [0.2, 0.25) is 0 Å². The Balaban J connectivity index is 2.33. The molecule has 1 aliphatic rings. The van der Waals surface area contributed by atoms with Gasteiger partial charge in [-0.05, 0) is 19.5 Å². The van der Waals surface area contributed by atoms with E-state index in [1.165, 1.54) is 0 Å². The molecule has 0 radical (unpaired) electrons. The molecule has 1 aromatic rings. The number of hydrogen-bond donors (Lipinski definition) is 1. The van der Waals surface area contributed by atoms with Crippen LogP contribution in [0.3, 0.4) is 0 Å². The Kier molecular flexibility index (Phi) is 3.00. The fourth-order valence-corrected chi connectivity index (χ4v) is 1.86. The highest BCUT2D eigenvalue weighted by molar-refractivity contribution is 5.25. The molecule has 0 spiro atoms. The minimum atomic E-state index is -0.640. The van der Waals surface area contributed by atoms with E-state index < -0.39 is 5.79 Å². The van der Waals surface area contributed by atoms with Gasteiger partial charge < -0.3 is 15.2 Å². The maximum absolute atomic E-state index is 5.61. The number of hydrogen-bond acceptors (Lipinski definition) is 4. The Morgan fingerprint density at radius 2 is 2.20 bits per heavy atom. The Morgan fingerprint density at radius 3 is 2.87 bits per heavy atom. The van der Waals surface area contributed by atoms with Crippen molar-refractivity contribution in [2.45, 2.75) is 19.1 Å². The lowest BCUT2D eigenvalue weighted by Crippen LogP contribution is -2.25. The second-order valence-electron chi connectivity index (χ2n) is 3.68. The second-order valence-corrected chi connectivity index (χ2v) is 3.68. The quantitative estimate of drug-likeness (QED) is 0.798. The van der Waals surface area contributed by atoms with Gasteiger partial charge in [0.15, 0.2) is 5.79 Å². The summed E-state index contributed by atoms with van der Waals surface area (Å²) in [5.41, 5.74) is 7.51. The molecule has 15 heavy (non-hydrogen) atoms. The van der Waals surface area contributed by atoms with Gasteiger partial charge in [-0.25, -0.2) is 0 Å². The summed E-state index contributed by atoms with van der Waals surface area (Å²) in [6.45, 7) is 3.78. The van der Waals surface area contributed by atoms with Gasteiger partial charge >= 0.3 is 0 Å². The van der Waals surface area contributed by atoms with Crippen molar-refractivity contribution >= 4 is 0 Å². The summed E-state index contributed by atoms with van der Waals surface area (Å²) in [5.74, 6) is -0.640. The third-order valence-corrected chi connectivity index (χ3v) is 2.60. The smallest absolute Gasteiger partial charge is 0.193 e. The molecule has 1 aliphatic heterocycles. The molecular weight excluding hydrogens is 192 g/mol. The van der Waals surface area contributed by atoms with Crippen molar-refractivity contribution in [1.29, 1.82) is 0 Å². The molecule has 0 unspecified atom stereocenters. The van der Waals surface area contributed by atoms with E-state index in [1.54, 1.807) is 6.20 Å². The summed E-state index contributed by atoms with van der Waals surface area (Å²) >= 11 is 0. The van der Waals surface area contributed by atoms with E-state index >= 15 is 0 Å². The lowest BCUT2D eigenvalue weighted by atomic mass is 10.0. The molecule has 2 N–H and O–H groups in total. The zero-order chi connectivity index (χ0) is 10.7. The van der Waals surface area contributed by atoms with Gasteiger partial charge in [-0.3, -0.25) is 4.98 Å². The van der Waals surface area contributed by atoms with Crippen LogP contribution in [-0.4, -0.2) is 24.7 Å². The summed E-state index contributed by atoms with van der Waals surface area (Å²) in [6.07, 6.45) is 2.52. The van der Waals surface area contributed by atoms with Gasteiger partial charge in [-0.2, -0.15) is 0 Å². The monoisotopic (exact) mass is 208 g/mol. The fraction of sp³-hybridized carbons (Fsp3) is 0.545.